The van der Waals surface area contributed by atoms with E-state index in [0.717, 1.165) is 72.2 Å². The Morgan fingerprint density at radius 1 is 0.582 bits per heavy atom. The molecule has 10 rings (SSSR count). The first-order valence-electron chi connectivity index (χ1n) is 26.1. The number of hydrogen-bond donors (Lipinski definition) is 2. The van der Waals surface area contributed by atoms with Crippen molar-refractivity contribution in [1.82, 2.24) is 5.06 Å². The maximum absolute atomic E-state index is 13.6. The van der Waals surface area contributed by atoms with Crippen LogP contribution in [0.2, 0.25) is 0 Å². The van der Waals surface area contributed by atoms with E-state index in [1.165, 1.54) is 93.2 Å². The summed E-state index contributed by atoms with van der Waals surface area (Å²) in [6.07, 6.45) is 20.8. The lowest BCUT2D eigenvalue weighted by Crippen LogP contribution is -2.56. The van der Waals surface area contributed by atoms with Crippen LogP contribution in [0.25, 0.3) is 0 Å². The average Bonchev–Trinajstić information content (AvgIpc) is 3.80. The van der Waals surface area contributed by atoms with Crippen molar-refractivity contribution >= 4 is 27.6 Å². The second-order valence-corrected chi connectivity index (χ2v) is 26.0. The van der Waals surface area contributed by atoms with Crippen molar-refractivity contribution in [1.29, 1.82) is 0 Å². The van der Waals surface area contributed by atoms with Gasteiger partial charge in [-0.25, -0.2) is 5.06 Å². The van der Waals surface area contributed by atoms with Crippen LogP contribution >= 0.6 is 15.9 Å². The smallest absolute Gasteiger partial charge is 0.249 e. The van der Waals surface area contributed by atoms with Crippen LogP contribution in [0.1, 0.15) is 193 Å². The highest BCUT2D eigenvalue weighted by atomic mass is 79.9. The summed E-state index contributed by atoms with van der Waals surface area (Å²) < 4.78 is 1.15. The number of Topliss-reactive ketones (excluding diaryl/α,β-unsaturated/α-hetero) is 1. The molecule has 0 spiro atoms. The Balaban J connectivity index is 0.000000186. The molecule has 0 bridgehead atoms. The number of fused-ring (bicyclic) bond motifs is 10. The molecule has 2 aromatic carbocycles. The second kappa shape index (κ2) is 20.2. The van der Waals surface area contributed by atoms with Gasteiger partial charge in [0, 0.05) is 28.9 Å². The summed E-state index contributed by atoms with van der Waals surface area (Å²) >= 11 is 3.36. The molecule has 8 fully saturated rings. The fraction of sp³-hybridized carbons (Fsp3) is 0.767. The van der Waals surface area contributed by atoms with E-state index in [-0.39, 0.29) is 43.4 Å². The fourth-order valence-corrected chi connectivity index (χ4v) is 18.1. The SMILES string of the molecule is C.C.CON(C)C(=O)[C@H]1CC[C@H]2[C@@H]3CC[C@@H]4C[C@](C)(O)CC[C@]4(C)[C@H]3CC[C@]12C.Cc1cccc(Br)c1.Cc1cccc(C(=O)[C@H]2CC[C@H]3[C@@H]4CC[C@@H]5C[C@](C)(O)CC[C@]5(C)[C@H]4CC[C@]23C)c1. The molecule has 376 valence electrons. The van der Waals surface area contributed by atoms with E-state index in [9.17, 15) is 19.8 Å². The van der Waals surface area contributed by atoms with Gasteiger partial charge in [0.2, 0.25) is 5.91 Å². The lowest BCUT2D eigenvalue weighted by molar-refractivity contribution is -0.182. The summed E-state index contributed by atoms with van der Waals surface area (Å²) in [7, 11) is 3.34. The van der Waals surface area contributed by atoms with Gasteiger partial charge in [0.25, 0.3) is 0 Å². The Labute approximate surface area is 417 Å². The Hall–Kier alpha value is -2.06. The zero-order valence-electron chi connectivity index (χ0n) is 42.1. The third-order valence-electron chi connectivity index (χ3n) is 21.4. The fourth-order valence-electron chi connectivity index (χ4n) is 17.6. The number of carbonyl (C=O) groups is 2. The quantitative estimate of drug-likeness (QED) is 0.235. The van der Waals surface area contributed by atoms with Crippen molar-refractivity contribution in [2.75, 3.05) is 14.2 Å². The van der Waals surface area contributed by atoms with Gasteiger partial charge >= 0.3 is 0 Å². The maximum atomic E-state index is 13.6. The summed E-state index contributed by atoms with van der Waals surface area (Å²) in [6.45, 7) is 18.2. The number of aryl methyl sites for hydroxylation is 2. The maximum Gasteiger partial charge on any atom is 0.249 e. The van der Waals surface area contributed by atoms with Gasteiger partial charge in [-0.15, -0.1) is 0 Å². The molecular weight excluding hydrogens is 895 g/mol. The molecule has 67 heavy (non-hydrogen) atoms. The van der Waals surface area contributed by atoms with Gasteiger partial charge in [-0.2, -0.15) is 0 Å². The zero-order chi connectivity index (χ0) is 46.9. The lowest BCUT2D eigenvalue weighted by Gasteiger charge is -2.61. The van der Waals surface area contributed by atoms with Gasteiger partial charge in [-0.05, 0) is 230 Å². The van der Waals surface area contributed by atoms with E-state index in [1.807, 2.05) is 31.2 Å². The molecule has 8 saturated carbocycles. The third kappa shape index (κ3) is 10.1. The van der Waals surface area contributed by atoms with Crippen molar-refractivity contribution in [2.24, 2.45) is 80.8 Å². The van der Waals surface area contributed by atoms with E-state index < -0.39 is 11.2 Å². The van der Waals surface area contributed by atoms with Crippen LogP contribution in [-0.2, 0) is 9.63 Å². The minimum atomic E-state index is -0.462. The molecule has 8 aliphatic rings. The Morgan fingerprint density at radius 2 is 1.03 bits per heavy atom. The summed E-state index contributed by atoms with van der Waals surface area (Å²) in [6, 6.07) is 16.4. The van der Waals surface area contributed by atoms with Crippen LogP contribution in [0.4, 0.5) is 0 Å². The van der Waals surface area contributed by atoms with Crippen LogP contribution in [0.3, 0.4) is 0 Å². The number of benzene rings is 2. The number of carbonyl (C=O) groups excluding carboxylic acids is 2. The predicted octanol–water partition coefficient (Wildman–Crippen LogP) is 15.0. The monoisotopic (exact) mass is 988 g/mol. The summed E-state index contributed by atoms with van der Waals surface area (Å²) in [5.41, 5.74) is 3.56. The molecule has 6 nitrogen and oxygen atoms in total. The molecule has 0 aliphatic heterocycles. The number of halogens is 1. The van der Waals surface area contributed by atoms with Crippen LogP contribution in [0.15, 0.2) is 53.0 Å². The first-order valence-corrected chi connectivity index (χ1v) is 26.9. The number of aliphatic hydroxyl groups is 2. The number of nitrogens with zero attached hydrogens (tertiary/aromatic N) is 1. The van der Waals surface area contributed by atoms with Crippen LogP contribution in [-0.4, -0.2) is 52.3 Å². The first kappa shape index (κ1) is 54.3. The van der Waals surface area contributed by atoms with Gasteiger partial charge in [-0.3, -0.25) is 14.4 Å². The molecule has 7 heteroatoms. The summed E-state index contributed by atoms with van der Waals surface area (Å²) in [5.74, 6) is 6.73. The van der Waals surface area contributed by atoms with Crippen molar-refractivity contribution in [2.45, 2.75) is 197 Å². The molecule has 0 heterocycles. The Kier molecular flexibility index (Phi) is 16.4. The van der Waals surface area contributed by atoms with Gasteiger partial charge in [-0.1, -0.05) is 99.9 Å². The molecule has 16 atom stereocenters. The lowest BCUT2D eigenvalue weighted by atomic mass is 9.44. The zero-order valence-corrected chi connectivity index (χ0v) is 43.7. The van der Waals surface area contributed by atoms with Crippen molar-refractivity contribution in [3.05, 3.63) is 69.7 Å². The predicted molar refractivity (Wildman–Crippen MR) is 279 cm³/mol. The topological polar surface area (TPSA) is 87.1 Å². The number of rotatable bonds is 4. The van der Waals surface area contributed by atoms with E-state index in [0.29, 0.717) is 40.3 Å². The van der Waals surface area contributed by atoms with Crippen molar-refractivity contribution in [3.63, 3.8) is 0 Å². The molecule has 2 aromatic rings. The molecule has 0 saturated heterocycles. The molecule has 0 aromatic heterocycles. The van der Waals surface area contributed by atoms with Gasteiger partial charge in [0.05, 0.1) is 18.3 Å². The van der Waals surface area contributed by atoms with Crippen molar-refractivity contribution in [3.8, 4) is 0 Å². The minimum Gasteiger partial charge on any atom is -0.390 e. The molecule has 1 amide bonds. The van der Waals surface area contributed by atoms with Crippen LogP contribution in [0.5, 0.6) is 0 Å². The van der Waals surface area contributed by atoms with E-state index in [4.69, 9.17) is 4.84 Å². The van der Waals surface area contributed by atoms with Gasteiger partial charge < -0.3 is 10.2 Å². The highest BCUT2D eigenvalue weighted by Gasteiger charge is 2.64. The molecule has 2 N–H and O–H groups in total. The van der Waals surface area contributed by atoms with E-state index in [2.05, 4.69) is 88.7 Å². The number of ketones is 1. The van der Waals surface area contributed by atoms with E-state index >= 15 is 0 Å². The summed E-state index contributed by atoms with van der Waals surface area (Å²) in [4.78, 5) is 31.7. The number of amides is 1. The minimum absolute atomic E-state index is 0. The van der Waals surface area contributed by atoms with Gasteiger partial charge in [0.1, 0.15) is 0 Å². The number of hydrogen-bond acceptors (Lipinski definition) is 5. The van der Waals surface area contributed by atoms with Crippen LogP contribution < -0.4 is 0 Å². The second-order valence-electron chi connectivity index (χ2n) is 25.1. The Morgan fingerprint density at radius 3 is 1.48 bits per heavy atom. The number of hydroxylamine groups is 2. The highest BCUT2D eigenvalue weighted by molar-refractivity contribution is 9.10. The largest absolute Gasteiger partial charge is 0.390 e. The molecule has 0 unspecified atom stereocenters. The average molecular weight is 989 g/mol. The van der Waals surface area contributed by atoms with Crippen LogP contribution in [0, 0.1) is 94.7 Å². The third-order valence-corrected chi connectivity index (χ3v) is 21.9. The standard InChI is InChI=1S/C28H40O2.C23H39NO3.C7H7Br.2CH4/c1-18-6-5-7-19(16-18)25(29)24-11-10-22-21-9-8-20-17-26(2,30)14-15-27(20,3)23(21)12-13-28(22,24)4;1-21(26)12-13-22(2)15(14-21)6-7-16-17-8-9-19(20(25)24(4)27-5)23(17,3)11-10-18(16)22;1-6-3-2-4-7(8)5-6;;/h5-7,16,20-24,30H,8-15,17H2,1-4H3;15-19,26H,6-14H2,1-5H3;2-5H,1H3;2*1H4/t20-,21+,22+,23+,24-,26-,27+,28+;15-,16+,17+,18+,19-,21-,22+,23+;;;/m11.../s1. The Bertz CT molecular complexity index is 2030. The molecule has 8 aliphatic carbocycles. The van der Waals surface area contributed by atoms with E-state index in [1.54, 1.807) is 14.2 Å². The normalized spacial score (nSPS) is 43.4. The molecular formula is C60H94BrNO5. The molecule has 0 radical (unpaired) electrons. The highest BCUT2D eigenvalue weighted by Crippen LogP contribution is 2.70. The van der Waals surface area contributed by atoms with Crippen molar-refractivity contribution < 1.29 is 24.6 Å². The van der Waals surface area contributed by atoms with Gasteiger partial charge in [0.15, 0.2) is 5.78 Å². The summed E-state index contributed by atoms with van der Waals surface area (Å²) in [5, 5.41) is 22.8. The first-order chi connectivity index (χ1) is 30.5.